The van der Waals surface area contributed by atoms with E-state index in [4.69, 9.17) is 16.1 Å². The highest BCUT2D eigenvalue weighted by Gasteiger charge is 2.11. The molecular weight excluding hydrogens is 350 g/mol. The Morgan fingerprint density at radius 3 is 2.88 bits per heavy atom. The average Bonchev–Trinajstić information content (AvgIpc) is 3.04. The summed E-state index contributed by atoms with van der Waals surface area (Å²) in [6.45, 7) is 4.45. The Labute approximate surface area is 155 Å². The number of hydrogen-bond donors (Lipinski definition) is 2. The van der Waals surface area contributed by atoms with E-state index in [-0.39, 0.29) is 5.56 Å². The fourth-order valence-electron chi connectivity index (χ4n) is 3.17. The first-order chi connectivity index (χ1) is 12.5. The molecule has 4 aromatic rings. The van der Waals surface area contributed by atoms with Crippen molar-refractivity contribution in [1.82, 2.24) is 10.1 Å². The number of anilines is 1. The molecule has 4 rings (SSSR count). The van der Waals surface area contributed by atoms with Gasteiger partial charge in [-0.3, -0.25) is 4.79 Å². The fourth-order valence-corrected chi connectivity index (χ4v) is 3.35. The van der Waals surface area contributed by atoms with Crippen molar-refractivity contribution in [2.24, 2.45) is 0 Å². The lowest BCUT2D eigenvalue weighted by atomic mass is 10.1. The van der Waals surface area contributed by atoms with Crippen molar-refractivity contribution in [2.45, 2.75) is 26.8 Å². The molecule has 2 heterocycles. The minimum absolute atomic E-state index is 0.107. The third kappa shape index (κ3) is 2.95. The topological polar surface area (TPSA) is 70.9 Å². The number of aromatic amines is 1. The molecule has 6 heteroatoms. The molecule has 0 aliphatic rings. The van der Waals surface area contributed by atoms with Crippen LogP contribution in [0.5, 0.6) is 0 Å². The van der Waals surface area contributed by atoms with Crippen molar-refractivity contribution < 1.29 is 4.52 Å². The van der Waals surface area contributed by atoms with Crippen LogP contribution >= 0.6 is 11.6 Å². The average molecular weight is 368 g/mol. The van der Waals surface area contributed by atoms with Crippen LogP contribution in [0.3, 0.4) is 0 Å². The second-order valence-corrected chi connectivity index (χ2v) is 6.80. The van der Waals surface area contributed by atoms with E-state index in [1.165, 1.54) is 0 Å². The molecule has 132 valence electrons. The van der Waals surface area contributed by atoms with Crippen molar-refractivity contribution in [2.75, 3.05) is 5.32 Å². The summed E-state index contributed by atoms with van der Waals surface area (Å²) in [6, 6.07) is 11.3. The number of aromatic nitrogens is 2. The van der Waals surface area contributed by atoms with Crippen molar-refractivity contribution >= 4 is 39.2 Å². The van der Waals surface area contributed by atoms with Crippen LogP contribution in [0, 0.1) is 6.92 Å². The van der Waals surface area contributed by atoms with Gasteiger partial charge in [0.15, 0.2) is 5.58 Å². The summed E-state index contributed by atoms with van der Waals surface area (Å²) in [4.78, 5) is 15.2. The van der Waals surface area contributed by atoms with Crippen LogP contribution in [-0.2, 0) is 13.0 Å². The van der Waals surface area contributed by atoms with Gasteiger partial charge in [-0.05, 0) is 55.3 Å². The molecule has 0 saturated carbocycles. The van der Waals surface area contributed by atoms with Crippen molar-refractivity contribution in [3.63, 3.8) is 0 Å². The number of H-pyrrole nitrogens is 1. The minimum atomic E-state index is -0.107. The van der Waals surface area contributed by atoms with Crippen LogP contribution in [0.2, 0.25) is 5.02 Å². The Morgan fingerprint density at radius 2 is 2.08 bits per heavy atom. The molecule has 2 N–H and O–H groups in total. The number of nitrogens with zero attached hydrogens (tertiary/aromatic N) is 1. The molecule has 0 bridgehead atoms. The number of halogens is 1. The predicted molar refractivity (Wildman–Crippen MR) is 105 cm³/mol. The third-order valence-electron chi connectivity index (χ3n) is 4.53. The van der Waals surface area contributed by atoms with Crippen molar-refractivity contribution in [3.05, 3.63) is 68.6 Å². The molecule has 0 spiro atoms. The standard InChI is InChI=1S/C20H18ClN3O2/c1-3-17-16-9-15(6-11(2)19(16)26-24-17)22-10-13-7-12-8-14(21)4-5-18(12)23-20(13)25/h4-9,22H,3,10H2,1-2H3,(H,23,25). The van der Waals surface area contributed by atoms with E-state index in [1.807, 2.05) is 44.2 Å². The molecule has 0 fully saturated rings. The monoisotopic (exact) mass is 367 g/mol. The summed E-state index contributed by atoms with van der Waals surface area (Å²) in [5.74, 6) is 0. The lowest BCUT2D eigenvalue weighted by Crippen LogP contribution is -2.15. The summed E-state index contributed by atoms with van der Waals surface area (Å²) in [5.41, 5.74) is 5.01. The normalized spacial score (nSPS) is 11.3. The highest BCUT2D eigenvalue weighted by atomic mass is 35.5. The van der Waals surface area contributed by atoms with Gasteiger partial charge in [0.05, 0.1) is 5.69 Å². The van der Waals surface area contributed by atoms with E-state index in [0.29, 0.717) is 17.1 Å². The Hall–Kier alpha value is -2.79. The van der Waals surface area contributed by atoms with Gasteiger partial charge in [-0.25, -0.2) is 0 Å². The van der Waals surface area contributed by atoms with E-state index < -0.39 is 0 Å². The summed E-state index contributed by atoms with van der Waals surface area (Å²) >= 11 is 6.05. The van der Waals surface area contributed by atoms with Crippen LogP contribution in [0.25, 0.3) is 21.9 Å². The van der Waals surface area contributed by atoms with Gasteiger partial charge in [0.1, 0.15) is 0 Å². The molecular formula is C20H18ClN3O2. The second-order valence-electron chi connectivity index (χ2n) is 6.36. The number of hydrogen-bond acceptors (Lipinski definition) is 4. The zero-order chi connectivity index (χ0) is 18.3. The maximum Gasteiger partial charge on any atom is 0.253 e. The Balaban J connectivity index is 1.66. The lowest BCUT2D eigenvalue weighted by Gasteiger charge is -2.09. The van der Waals surface area contributed by atoms with E-state index in [9.17, 15) is 4.79 Å². The predicted octanol–water partition coefficient (Wildman–Crippen LogP) is 4.81. The zero-order valence-corrected chi connectivity index (χ0v) is 15.3. The molecule has 0 aliphatic heterocycles. The van der Waals surface area contributed by atoms with Crippen LogP contribution in [0.4, 0.5) is 5.69 Å². The van der Waals surface area contributed by atoms with Gasteiger partial charge >= 0.3 is 0 Å². The van der Waals surface area contributed by atoms with Gasteiger partial charge in [0.25, 0.3) is 5.56 Å². The van der Waals surface area contributed by atoms with Crippen LogP contribution in [0.1, 0.15) is 23.7 Å². The first-order valence-electron chi connectivity index (χ1n) is 8.49. The largest absolute Gasteiger partial charge is 0.381 e. The van der Waals surface area contributed by atoms with Gasteiger partial charge in [0.2, 0.25) is 0 Å². The number of benzene rings is 2. The molecule has 5 nitrogen and oxygen atoms in total. The van der Waals surface area contributed by atoms with Gasteiger partial charge in [-0.2, -0.15) is 0 Å². The molecule has 0 saturated heterocycles. The number of rotatable bonds is 4. The summed E-state index contributed by atoms with van der Waals surface area (Å²) < 4.78 is 5.42. The maximum atomic E-state index is 12.3. The first-order valence-corrected chi connectivity index (χ1v) is 8.87. The number of aryl methyl sites for hydroxylation is 2. The van der Waals surface area contributed by atoms with Crippen molar-refractivity contribution in [1.29, 1.82) is 0 Å². The SMILES string of the molecule is CCc1noc2c(C)cc(NCc3cc4cc(Cl)ccc4[nH]c3=O)cc12. The molecule has 0 atom stereocenters. The van der Waals surface area contributed by atoms with Gasteiger partial charge in [-0.1, -0.05) is 23.7 Å². The summed E-state index contributed by atoms with van der Waals surface area (Å²) in [5, 5.41) is 10.0. The van der Waals surface area contributed by atoms with Crippen molar-refractivity contribution in [3.8, 4) is 0 Å². The smallest absolute Gasteiger partial charge is 0.253 e. The number of nitrogens with one attached hydrogen (secondary N) is 2. The van der Waals surface area contributed by atoms with E-state index in [0.717, 1.165) is 45.2 Å². The highest BCUT2D eigenvalue weighted by molar-refractivity contribution is 6.31. The molecule has 0 amide bonds. The summed E-state index contributed by atoms with van der Waals surface area (Å²) in [6.07, 6.45) is 0.807. The lowest BCUT2D eigenvalue weighted by molar-refractivity contribution is 0.446. The zero-order valence-electron chi connectivity index (χ0n) is 14.5. The Bertz CT molecular complexity index is 1180. The van der Waals surface area contributed by atoms with E-state index in [1.54, 1.807) is 6.07 Å². The third-order valence-corrected chi connectivity index (χ3v) is 4.77. The number of fused-ring (bicyclic) bond motifs is 2. The summed E-state index contributed by atoms with van der Waals surface area (Å²) in [7, 11) is 0. The van der Waals surface area contributed by atoms with Gasteiger partial charge in [0, 0.05) is 39.1 Å². The van der Waals surface area contributed by atoms with E-state index >= 15 is 0 Å². The Morgan fingerprint density at radius 1 is 1.23 bits per heavy atom. The molecule has 2 aromatic heterocycles. The molecule has 26 heavy (non-hydrogen) atoms. The minimum Gasteiger partial charge on any atom is -0.381 e. The molecule has 0 radical (unpaired) electrons. The second kappa shape index (κ2) is 6.50. The molecule has 2 aromatic carbocycles. The first kappa shape index (κ1) is 16.7. The number of pyridine rings is 1. The highest BCUT2D eigenvalue weighted by Crippen LogP contribution is 2.27. The van der Waals surface area contributed by atoms with E-state index in [2.05, 4.69) is 15.5 Å². The molecule has 0 aliphatic carbocycles. The van der Waals surface area contributed by atoms with Gasteiger partial charge in [-0.15, -0.1) is 0 Å². The quantitative estimate of drug-likeness (QED) is 0.543. The maximum absolute atomic E-state index is 12.3. The Kier molecular flexibility index (Phi) is 4.17. The van der Waals surface area contributed by atoms with Crippen LogP contribution in [-0.4, -0.2) is 10.1 Å². The van der Waals surface area contributed by atoms with Gasteiger partial charge < -0.3 is 14.8 Å². The van der Waals surface area contributed by atoms with Crippen LogP contribution in [0.15, 0.2) is 45.7 Å². The van der Waals surface area contributed by atoms with Crippen LogP contribution < -0.4 is 10.9 Å². The fraction of sp³-hybridized carbons (Fsp3) is 0.200. The molecule has 0 unspecified atom stereocenters.